The molecule has 1 aliphatic heterocycles. The number of ether oxygens (including phenoxy) is 5. The van der Waals surface area contributed by atoms with Gasteiger partial charge in [-0.15, -0.1) is 0 Å². The summed E-state index contributed by atoms with van der Waals surface area (Å²) in [6.07, 6.45) is -1.53. The van der Waals surface area contributed by atoms with E-state index in [0.717, 1.165) is 44.2 Å². The largest absolute Gasteiger partial charge is 0.514 e. The van der Waals surface area contributed by atoms with Crippen LogP contribution in [0.15, 0.2) is 77.2 Å². The number of carbonyl (C=O) groups excluding carboxylic acids is 2. The molecule has 0 amide bonds. The molecule has 0 radical (unpaired) electrons. The average molecular weight is 595 g/mol. The number of hydrogen-bond acceptors (Lipinski definition) is 8. The average Bonchev–Trinajstić information content (AvgIpc) is 3.34. The SMILES string of the molecule is Cc1ccc(C2c3c(ccc4cc(OC(=O)OC(C)(C)C)ccc34)Oc3ccc4cc(OC(=O)OC(C)(C)C)ccc4c32)o1. The van der Waals surface area contributed by atoms with E-state index in [0.29, 0.717) is 23.0 Å². The Kier molecular flexibility index (Phi) is 7.03. The third-order valence-corrected chi connectivity index (χ3v) is 7.01. The number of aryl methyl sites for hydroxylation is 1. The van der Waals surface area contributed by atoms with Crippen LogP contribution in [0.2, 0.25) is 0 Å². The van der Waals surface area contributed by atoms with Crippen molar-refractivity contribution in [3.8, 4) is 23.0 Å². The van der Waals surface area contributed by atoms with Crippen LogP contribution in [0.5, 0.6) is 23.0 Å². The van der Waals surface area contributed by atoms with Crippen molar-refractivity contribution in [1.29, 1.82) is 0 Å². The second-order valence-corrected chi connectivity index (χ2v) is 12.8. The molecule has 8 heteroatoms. The van der Waals surface area contributed by atoms with Crippen molar-refractivity contribution < 1.29 is 37.7 Å². The first-order valence-corrected chi connectivity index (χ1v) is 14.4. The predicted molar refractivity (Wildman–Crippen MR) is 166 cm³/mol. The Labute approximate surface area is 255 Å². The van der Waals surface area contributed by atoms with Gasteiger partial charge in [-0.05, 0) is 119 Å². The van der Waals surface area contributed by atoms with Crippen LogP contribution in [-0.4, -0.2) is 23.5 Å². The number of hydrogen-bond donors (Lipinski definition) is 0. The van der Waals surface area contributed by atoms with Gasteiger partial charge in [0.15, 0.2) is 0 Å². The van der Waals surface area contributed by atoms with Crippen LogP contribution < -0.4 is 14.2 Å². The molecule has 2 heterocycles. The summed E-state index contributed by atoms with van der Waals surface area (Å²) in [6.45, 7) is 12.6. The Morgan fingerprint density at radius 1 is 0.636 bits per heavy atom. The number of rotatable bonds is 3. The summed E-state index contributed by atoms with van der Waals surface area (Å²) in [5.41, 5.74) is 0.513. The highest BCUT2D eigenvalue weighted by Gasteiger charge is 2.34. The molecular weight excluding hydrogens is 560 g/mol. The molecule has 226 valence electrons. The van der Waals surface area contributed by atoms with Crippen molar-refractivity contribution in [3.63, 3.8) is 0 Å². The lowest BCUT2D eigenvalue weighted by Crippen LogP contribution is -2.25. The lowest BCUT2D eigenvalue weighted by molar-refractivity contribution is 0.0193. The molecule has 5 aromatic rings. The topological polar surface area (TPSA) is 93.4 Å². The van der Waals surface area contributed by atoms with E-state index in [1.165, 1.54) is 0 Å². The van der Waals surface area contributed by atoms with Gasteiger partial charge in [0.1, 0.15) is 45.7 Å². The summed E-state index contributed by atoms with van der Waals surface area (Å²) < 4.78 is 34.4. The van der Waals surface area contributed by atoms with Gasteiger partial charge in [-0.25, -0.2) is 9.59 Å². The molecule has 0 atom stereocenters. The first-order valence-electron chi connectivity index (χ1n) is 14.4. The summed E-state index contributed by atoms with van der Waals surface area (Å²) in [6, 6.07) is 22.6. The van der Waals surface area contributed by atoms with E-state index in [9.17, 15) is 9.59 Å². The van der Waals surface area contributed by atoms with Gasteiger partial charge in [0.2, 0.25) is 0 Å². The Hall–Kier alpha value is -4.98. The summed E-state index contributed by atoms with van der Waals surface area (Å²) in [7, 11) is 0. The molecule has 1 aromatic heterocycles. The van der Waals surface area contributed by atoms with Gasteiger partial charge >= 0.3 is 12.3 Å². The first kappa shape index (κ1) is 29.1. The molecule has 0 unspecified atom stereocenters. The summed E-state index contributed by atoms with van der Waals surface area (Å²) in [5.74, 6) is 3.38. The fraction of sp³-hybridized carbons (Fsp3) is 0.278. The zero-order chi connectivity index (χ0) is 31.4. The van der Waals surface area contributed by atoms with Crippen molar-refractivity contribution in [2.75, 3.05) is 0 Å². The van der Waals surface area contributed by atoms with E-state index >= 15 is 0 Å². The van der Waals surface area contributed by atoms with Gasteiger partial charge < -0.3 is 28.1 Å². The Balaban J connectivity index is 1.45. The van der Waals surface area contributed by atoms with Crippen LogP contribution in [0, 0.1) is 6.92 Å². The maximum Gasteiger partial charge on any atom is 0.514 e. The number of carbonyl (C=O) groups is 2. The van der Waals surface area contributed by atoms with E-state index in [4.69, 9.17) is 28.1 Å². The van der Waals surface area contributed by atoms with Crippen molar-refractivity contribution in [1.82, 2.24) is 0 Å². The van der Waals surface area contributed by atoms with Crippen LogP contribution in [0.4, 0.5) is 9.59 Å². The highest BCUT2D eigenvalue weighted by molar-refractivity contribution is 5.96. The molecule has 8 nitrogen and oxygen atoms in total. The molecule has 6 rings (SSSR count). The fourth-order valence-corrected chi connectivity index (χ4v) is 5.41. The van der Waals surface area contributed by atoms with E-state index in [1.807, 2.05) is 67.6 Å². The molecule has 0 saturated carbocycles. The van der Waals surface area contributed by atoms with Gasteiger partial charge in [-0.3, -0.25) is 0 Å². The van der Waals surface area contributed by atoms with E-state index < -0.39 is 23.5 Å². The van der Waals surface area contributed by atoms with Crippen molar-refractivity contribution in [3.05, 3.63) is 95.4 Å². The lowest BCUT2D eigenvalue weighted by atomic mass is 9.81. The molecule has 0 aliphatic carbocycles. The normalized spacial score (nSPS) is 13.2. The van der Waals surface area contributed by atoms with Gasteiger partial charge in [-0.1, -0.05) is 24.3 Å². The van der Waals surface area contributed by atoms with E-state index in [-0.39, 0.29) is 5.92 Å². The van der Waals surface area contributed by atoms with Gasteiger partial charge in [-0.2, -0.15) is 0 Å². The molecule has 1 aliphatic rings. The van der Waals surface area contributed by atoms with Crippen molar-refractivity contribution in [2.45, 2.75) is 65.6 Å². The van der Waals surface area contributed by atoms with Gasteiger partial charge in [0.25, 0.3) is 0 Å². The van der Waals surface area contributed by atoms with Crippen LogP contribution in [0.25, 0.3) is 21.5 Å². The fourth-order valence-electron chi connectivity index (χ4n) is 5.41. The molecule has 0 fully saturated rings. The third kappa shape index (κ3) is 5.93. The molecule has 4 aromatic carbocycles. The zero-order valence-corrected chi connectivity index (χ0v) is 25.8. The summed E-state index contributed by atoms with van der Waals surface area (Å²) in [4.78, 5) is 24.7. The second kappa shape index (κ2) is 10.6. The molecule has 0 N–H and O–H groups in total. The van der Waals surface area contributed by atoms with Gasteiger partial charge in [0, 0.05) is 11.1 Å². The Morgan fingerprint density at radius 3 is 1.52 bits per heavy atom. The van der Waals surface area contributed by atoms with Crippen molar-refractivity contribution in [2.24, 2.45) is 0 Å². The number of fused-ring (bicyclic) bond motifs is 6. The standard InChI is InChI=1S/C36H34O8/c1-20-8-15-29(39-20)32-30-25-13-11-23(40-33(37)43-35(2,3)4)18-21(25)9-16-27(30)42-28-17-10-22-19-24(12-14-26(22)31(28)32)41-34(38)44-36(5,6)7/h8-19,32H,1-7H3. The van der Waals surface area contributed by atoms with E-state index in [2.05, 4.69) is 0 Å². The van der Waals surface area contributed by atoms with Crippen LogP contribution in [-0.2, 0) is 9.47 Å². The minimum Gasteiger partial charge on any atom is -0.465 e. The van der Waals surface area contributed by atoms with E-state index in [1.54, 1.807) is 53.7 Å². The molecule has 0 spiro atoms. The molecular formula is C36H34O8. The maximum absolute atomic E-state index is 12.3. The quantitative estimate of drug-likeness (QED) is 0.148. The summed E-state index contributed by atoms with van der Waals surface area (Å²) in [5, 5.41) is 3.56. The van der Waals surface area contributed by atoms with Gasteiger partial charge in [0.05, 0.1) is 5.92 Å². The van der Waals surface area contributed by atoms with Crippen molar-refractivity contribution >= 4 is 33.9 Å². The zero-order valence-electron chi connectivity index (χ0n) is 25.8. The van der Waals surface area contributed by atoms with Crippen LogP contribution >= 0.6 is 0 Å². The first-order chi connectivity index (χ1) is 20.7. The maximum atomic E-state index is 12.3. The molecule has 0 saturated heterocycles. The highest BCUT2D eigenvalue weighted by Crippen LogP contribution is 2.52. The monoisotopic (exact) mass is 594 g/mol. The Bertz CT molecular complexity index is 1800. The predicted octanol–water partition coefficient (Wildman–Crippen LogP) is 9.81. The number of benzene rings is 4. The Morgan fingerprint density at radius 2 is 1.11 bits per heavy atom. The summed E-state index contributed by atoms with van der Waals surface area (Å²) >= 11 is 0. The van der Waals surface area contributed by atoms with Crippen LogP contribution in [0.3, 0.4) is 0 Å². The molecule has 0 bridgehead atoms. The lowest BCUT2D eigenvalue weighted by Gasteiger charge is -2.30. The highest BCUT2D eigenvalue weighted by atomic mass is 16.7. The minimum absolute atomic E-state index is 0.315. The smallest absolute Gasteiger partial charge is 0.465 e. The number of furan rings is 1. The second-order valence-electron chi connectivity index (χ2n) is 12.8. The van der Waals surface area contributed by atoms with Crippen LogP contribution in [0.1, 0.15) is 70.1 Å². The minimum atomic E-state index is -0.766. The third-order valence-electron chi connectivity index (χ3n) is 7.01. The molecule has 44 heavy (non-hydrogen) atoms.